The minimum atomic E-state index is -0.779. The zero-order chi connectivity index (χ0) is 29.2. The van der Waals surface area contributed by atoms with E-state index in [1.54, 1.807) is 11.3 Å². The van der Waals surface area contributed by atoms with Gasteiger partial charge in [-0.1, -0.05) is 40.3 Å². The maximum atomic E-state index is 13.6. The van der Waals surface area contributed by atoms with Gasteiger partial charge in [-0.2, -0.15) is 0 Å². The Balaban J connectivity index is 1.72. The molecule has 0 radical (unpaired) electrons. The molecule has 40 heavy (non-hydrogen) atoms. The SMILES string of the molecule is C=C(CN(CC)CC)C(=O)NC[C@@H](NC(=O)[C@H](Cc1nc2ccc(C(C)C)cc2s1)NC(C)=O)C1CCOCC1. The summed E-state index contributed by atoms with van der Waals surface area (Å²) in [5, 5.41) is 9.72. The summed E-state index contributed by atoms with van der Waals surface area (Å²) >= 11 is 1.54. The molecule has 1 aromatic carbocycles. The number of nitrogens with one attached hydrogen (secondary N) is 3. The summed E-state index contributed by atoms with van der Waals surface area (Å²) < 4.78 is 6.60. The molecule has 0 unspecified atom stereocenters. The lowest BCUT2D eigenvalue weighted by atomic mass is 9.91. The smallest absolute Gasteiger partial charge is 0.247 e. The fraction of sp³-hybridized carbons (Fsp3) is 0.600. The van der Waals surface area contributed by atoms with Crippen molar-refractivity contribution in [2.24, 2.45) is 5.92 Å². The topological polar surface area (TPSA) is 113 Å². The van der Waals surface area contributed by atoms with Gasteiger partial charge in [0.05, 0.1) is 15.2 Å². The lowest BCUT2D eigenvalue weighted by Crippen LogP contribution is -2.55. The van der Waals surface area contributed by atoms with Gasteiger partial charge >= 0.3 is 0 Å². The highest BCUT2D eigenvalue weighted by Crippen LogP contribution is 2.27. The van der Waals surface area contributed by atoms with Crippen molar-refractivity contribution in [2.75, 3.05) is 39.4 Å². The molecule has 220 valence electrons. The van der Waals surface area contributed by atoms with Crippen LogP contribution < -0.4 is 16.0 Å². The van der Waals surface area contributed by atoms with Crippen molar-refractivity contribution in [3.05, 3.63) is 40.9 Å². The van der Waals surface area contributed by atoms with E-state index in [1.165, 1.54) is 12.5 Å². The predicted octanol–water partition coefficient (Wildman–Crippen LogP) is 3.39. The number of ether oxygens (including phenoxy) is 1. The average Bonchev–Trinajstić information content (AvgIpc) is 3.34. The highest BCUT2D eigenvalue weighted by Gasteiger charge is 2.30. The molecule has 3 amide bonds. The van der Waals surface area contributed by atoms with Gasteiger partial charge in [-0.3, -0.25) is 19.3 Å². The Morgan fingerprint density at radius 3 is 2.48 bits per heavy atom. The van der Waals surface area contributed by atoms with Crippen molar-refractivity contribution in [2.45, 2.75) is 71.9 Å². The highest BCUT2D eigenvalue weighted by molar-refractivity contribution is 7.18. The Labute approximate surface area is 242 Å². The third kappa shape index (κ3) is 9.11. The molecule has 10 heteroatoms. The first-order chi connectivity index (χ1) is 19.1. The van der Waals surface area contributed by atoms with Gasteiger partial charge in [-0.25, -0.2) is 4.98 Å². The minimum absolute atomic E-state index is 0.143. The lowest BCUT2D eigenvalue weighted by molar-refractivity contribution is -0.129. The maximum Gasteiger partial charge on any atom is 0.247 e. The summed E-state index contributed by atoms with van der Waals surface area (Å²) in [6, 6.07) is 5.15. The van der Waals surface area contributed by atoms with Crippen LogP contribution in [0, 0.1) is 5.92 Å². The summed E-state index contributed by atoms with van der Waals surface area (Å²) in [5.41, 5.74) is 2.62. The minimum Gasteiger partial charge on any atom is -0.381 e. The normalized spacial score (nSPS) is 15.7. The predicted molar refractivity (Wildman–Crippen MR) is 160 cm³/mol. The van der Waals surface area contributed by atoms with E-state index >= 15 is 0 Å². The van der Waals surface area contributed by atoms with Crippen molar-refractivity contribution >= 4 is 39.3 Å². The summed E-state index contributed by atoms with van der Waals surface area (Å²) in [6.07, 6.45) is 1.85. The number of benzene rings is 1. The molecule has 0 spiro atoms. The van der Waals surface area contributed by atoms with Crippen molar-refractivity contribution in [1.29, 1.82) is 0 Å². The molecule has 3 N–H and O–H groups in total. The standard InChI is InChI=1S/C30H45N5O4S/c1-7-35(8-2)18-20(5)29(37)31-17-26(22-11-13-39-14-12-22)34-30(38)25(32-21(6)36)16-28-33-24-10-9-23(19(3)4)15-27(24)40-28/h9-10,15,19,22,25-26H,5,7-8,11-14,16-18H2,1-4,6H3,(H,31,37)(H,32,36)(H,34,38)/t25-,26+/m0/s1. The van der Waals surface area contributed by atoms with Crippen LogP contribution in [0.1, 0.15) is 63.9 Å². The van der Waals surface area contributed by atoms with Crippen molar-refractivity contribution in [3.63, 3.8) is 0 Å². The first-order valence-electron chi connectivity index (χ1n) is 14.3. The van der Waals surface area contributed by atoms with E-state index in [1.807, 2.05) is 19.9 Å². The van der Waals surface area contributed by atoms with Crippen LogP contribution in [0.2, 0.25) is 0 Å². The van der Waals surface area contributed by atoms with Gasteiger partial charge in [0.2, 0.25) is 17.7 Å². The number of aromatic nitrogens is 1. The van der Waals surface area contributed by atoms with Gasteiger partial charge in [0.1, 0.15) is 6.04 Å². The summed E-state index contributed by atoms with van der Waals surface area (Å²) in [6.45, 7) is 17.4. The van der Waals surface area contributed by atoms with Crippen molar-refractivity contribution < 1.29 is 19.1 Å². The molecule has 1 aliphatic rings. The van der Waals surface area contributed by atoms with Crippen LogP contribution in [0.25, 0.3) is 10.2 Å². The van der Waals surface area contributed by atoms with Gasteiger partial charge in [0, 0.05) is 51.3 Å². The van der Waals surface area contributed by atoms with E-state index in [9.17, 15) is 14.4 Å². The number of hydrogen-bond donors (Lipinski definition) is 3. The molecule has 2 aromatic rings. The number of carbonyl (C=O) groups excluding carboxylic acids is 3. The Bertz CT molecular complexity index is 1170. The molecule has 0 aliphatic carbocycles. The molecular formula is C30H45N5O4S. The Kier molecular flexibility index (Phi) is 12.1. The van der Waals surface area contributed by atoms with Crippen LogP contribution in [0.4, 0.5) is 0 Å². The number of rotatable bonds is 14. The Morgan fingerprint density at radius 2 is 1.85 bits per heavy atom. The van der Waals surface area contributed by atoms with Crippen LogP contribution >= 0.6 is 11.3 Å². The van der Waals surface area contributed by atoms with E-state index < -0.39 is 6.04 Å². The maximum absolute atomic E-state index is 13.6. The van der Waals surface area contributed by atoms with Crippen LogP contribution in [-0.2, 0) is 25.5 Å². The quantitative estimate of drug-likeness (QED) is 0.300. The zero-order valence-electron chi connectivity index (χ0n) is 24.5. The molecule has 2 atom stereocenters. The van der Waals surface area contributed by atoms with Crippen LogP contribution in [0.3, 0.4) is 0 Å². The first kappa shape index (κ1) is 31.7. The number of carbonyl (C=O) groups is 3. The number of thiazole rings is 1. The van der Waals surface area contributed by atoms with E-state index in [0.717, 1.165) is 41.2 Å². The van der Waals surface area contributed by atoms with E-state index in [2.05, 4.69) is 53.4 Å². The van der Waals surface area contributed by atoms with Crippen LogP contribution in [-0.4, -0.2) is 79.1 Å². The van der Waals surface area contributed by atoms with Gasteiger partial charge in [-0.05, 0) is 55.5 Å². The molecule has 0 bridgehead atoms. The molecule has 1 aromatic heterocycles. The number of fused-ring (bicyclic) bond motifs is 1. The molecule has 1 saturated heterocycles. The largest absolute Gasteiger partial charge is 0.381 e. The number of amides is 3. The molecule has 1 aliphatic heterocycles. The summed E-state index contributed by atoms with van der Waals surface area (Å²) in [5.74, 6) is -0.238. The average molecular weight is 572 g/mol. The van der Waals surface area contributed by atoms with Crippen molar-refractivity contribution in [1.82, 2.24) is 25.8 Å². The monoisotopic (exact) mass is 571 g/mol. The van der Waals surface area contributed by atoms with Gasteiger partial charge < -0.3 is 20.7 Å². The molecule has 1 fully saturated rings. The number of likely N-dealkylation sites (N-methyl/N-ethyl adjacent to an activating group) is 1. The van der Waals surface area contributed by atoms with Gasteiger partial charge in [-0.15, -0.1) is 11.3 Å². The van der Waals surface area contributed by atoms with E-state index in [0.29, 0.717) is 31.2 Å². The second-order valence-corrected chi connectivity index (χ2v) is 11.9. The molecule has 3 rings (SSSR count). The second kappa shape index (κ2) is 15.3. The molecule has 2 heterocycles. The number of hydrogen-bond acceptors (Lipinski definition) is 7. The van der Waals surface area contributed by atoms with E-state index in [4.69, 9.17) is 9.72 Å². The summed E-state index contributed by atoms with van der Waals surface area (Å²) in [4.78, 5) is 45.3. The van der Waals surface area contributed by atoms with E-state index in [-0.39, 0.29) is 42.6 Å². The molecule has 9 nitrogen and oxygen atoms in total. The summed E-state index contributed by atoms with van der Waals surface area (Å²) in [7, 11) is 0. The van der Waals surface area contributed by atoms with Gasteiger partial charge in [0.25, 0.3) is 0 Å². The van der Waals surface area contributed by atoms with Crippen molar-refractivity contribution in [3.8, 4) is 0 Å². The third-order valence-corrected chi connectivity index (χ3v) is 8.51. The number of nitrogens with zero attached hydrogens (tertiary/aromatic N) is 2. The first-order valence-corrected chi connectivity index (χ1v) is 15.2. The zero-order valence-corrected chi connectivity index (χ0v) is 25.4. The third-order valence-electron chi connectivity index (χ3n) is 7.47. The highest BCUT2D eigenvalue weighted by atomic mass is 32.1. The lowest BCUT2D eigenvalue weighted by Gasteiger charge is -2.32. The van der Waals surface area contributed by atoms with Gasteiger partial charge in [0.15, 0.2) is 0 Å². The Hall–Kier alpha value is -2.82. The molecule has 0 saturated carbocycles. The fourth-order valence-corrected chi connectivity index (χ4v) is 5.98. The fourth-order valence-electron chi connectivity index (χ4n) is 4.92. The van der Waals surface area contributed by atoms with Crippen LogP contribution in [0.15, 0.2) is 30.4 Å². The molecular weight excluding hydrogens is 526 g/mol. The van der Waals surface area contributed by atoms with Crippen LogP contribution in [0.5, 0.6) is 0 Å². The second-order valence-electron chi connectivity index (χ2n) is 10.8. The Morgan fingerprint density at radius 1 is 1.15 bits per heavy atom.